The van der Waals surface area contributed by atoms with Crippen molar-refractivity contribution in [2.45, 2.75) is 6.54 Å². The van der Waals surface area contributed by atoms with Crippen molar-refractivity contribution in [2.75, 3.05) is 19.0 Å². The second kappa shape index (κ2) is 5.59. The van der Waals surface area contributed by atoms with Crippen LogP contribution in [-0.4, -0.2) is 34.1 Å². The molecule has 0 atom stereocenters. The monoisotopic (exact) mass is 337 g/mol. The van der Waals surface area contributed by atoms with Gasteiger partial charge < -0.3 is 20.4 Å². The van der Waals surface area contributed by atoms with Crippen LogP contribution in [0, 0.1) is 0 Å². The molecule has 1 aromatic rings. The molecule has 0 unspecified atom stereocenters. The van der Waals surface area contributed by atoms with Crippen LogP contribution in [0.4, 0.5) is 5.82 Å². The molecule has 0 saturated carbocycles. The van der Waals surface area contributed by atoms with E-state index in [1.807, 2.05) is 4.57 Å². The van der Waals surface area contributed by atoms with Crippen molar-refractivity contribution in [3.05, 3.63) is 46.2 Å². The maximum absolute atomic E-state index is 12.1. The second-order valence-electron chi connectivity index (χ2n) is 5.62. The Bertz CT molecular complexity index is 1030. The molecule has 0 radical (unpaired) electrons. The van der Waals surface area contributed by atoms with Gasteiger partial charge in [-0.3, -0.25) is 14.6 Å². The van der Waals surface area contributed by atoms with Gasteiger partial charge in [0.05, 0.1) is 12.7 Å². The highest BCUT2D eigenvalue weighted by Gasteiger charge is 2.27. The van der Waals surface area contributed by atoms with Gasteiger partial charge in [0.2, 0.25) is 5.43 Å². The standard InChI is InChI=1S/C17H15N5O3/c1-25-14-11(23)5-4-10-12(14)21-17(22-8-7-20-16(10)22)13-9(15(18)24)3-2-6-19-13/h2-6,20H,7-8H2,1H3,(H2,18,24). The highest BCUT2D eigenvalue weighted by Crippen LogP contribution is 2.38. The molecule has 8 heteroatoms. The SMILES string of the molecule is COc1c2nc(-c3ncccc3C(N)=O)n3c(c-2ccc1=O)NCC3. The fourth-order valence-electron chi connectivity index (χ4n) is 3.13. The number of primary amides is 1. The summed E-state index contributed by atoms with van der Waals surface area (Å²) in [5.74, 6) is 0.840. The number of methoxy groups -OCH3 is 1. The summed E-state index contributed by atoms with van der Waals surface area (Å²) in [7, 11) is 1.43. The van der Waals surface area contributed by atoms with E-state index in [4.69, 9.17) is 10.5 Å². The number of benzene rings is 1. The first kappa shape index (κ1) is 15.1. The average molecular weight is 337 g/mol. The van der Waals surface area contributed by atoms with E-state index >= 15 is 0 Å². The Hall–Kier alpha value is -3.42. The van der Waals surface area contributed by atoms with E-state index in [1.165, 1.54) is 13.2 Å². The molecule has 3 heterocycles. The zero-order valence-electron chi connectivity index (χ0n) is 13.4. The summed E-state index contributed by atoms with van der Waals surface area (Å²) in [6, 6.07) is 6.42. The van der Waals surface area contributed by atoms with E-state index < -0.39 is 5.91 Å². The molecular weight excluding hydrogens is 322 g/mol. The number of rotatable bonds is 3. The third-order valence-electron chi connectivity index (χ3n) is 4.21. The van der Waals surface area contributed by atoms with Gasteiger partial charge in [0.15, 0.2) is 11.6 Å². The summed E-state index contributed by atoms with van der Waals surface area (Å²) in [6.07, 6.45) is 1.57. The van der Waals surface area contributed by atoms with Crippen LogP contribution >= 0.6 is 0 Å². The molecular formula is C17H15N5O3. The molecule has 8 nitrogen and oxygen atoms in total. The summed E-state index contributed by atoms with van der Waals surface area (Å²) < 4.78 is 7.19. The molecule has 1 aliphatic carbocycles. The van der Waals surface area contributed by atoms with Gasteiger partial charge in [0.1, 0.15) is 17.2 Å². The summed E-state index contributed by atoms with van der Waals surface area (Å²) in [4.78, 5) is 32.8. The number of anilines is 1. The molecule has 0 bridgehead atoms. The minimum absolute atomic E-state index is 0.160. The predicted molar refractivity (Wildman–Crippen MR) is 91.9 cm³/mol. The number of aromatic nitrogens is 3. The first-order valence-electron chi connectivity index (χ1n) is 7.72. The largest absolute Gasteiger partial charge is 0.491 e. The van der Waals surface area contributed by atoms with Gasteiger partial charge >= 0.3 is 0 Å². The van der Waals surface area contributed by atoms with Crippen LogP contribution in [0.5, 0.6) is 5.75 Å². The minimum Gasteiger partial charge on any atom is -0.491 e. The lowest BCUT2D eigenvalue weighted by Gasteiger charge is -2.18. The quantitative estimate of drug-likeness (QED) is 0.736. The van der Waals surface area contributed by atoms with E-state index in [-0.39, 0.29) is 16.7 Å². The fraction of sp³-hybridized carbons (Fsp3) is 0.176. The van der Waals surface area contributed by atoms with Gasteiger partial charge in [-0.25, -0.2) is 4.98 Å². The molecule has 0 aromatic carbocycles. The Balaban J connectivity index is 2.11. The lowest BCUT2D eigenvalue weighted by atomic mass is 10.1. The van der Waals surface area contributed by atoms with Crippen molar-refractivity contribution in [1.82, 2.24) is 14.5 Å². The lowest BCUT2D eigenvalue weighted by Crippen LogP contribution is -2.16. The minimum atomic E-state index is -0.588. The van der Waals surface area contributed by atoms with E-state index in [0.717, 1.165) is 11.4 Å². The number of hydrogen-bond donors (Lipinski definition) is 2. The summed E-state index contributed by atoms with van der Waals surface area (Å²) in [6.45, 7) is 1.36. The Morgan fingerprint density at radius 3 is 2.92 bits per heavy atom. The number of ether oxygens (including phenoxy) is 1. The van der Waals surface area contributed by atoms with E-state index in [1.54, 1.807) is 24.4 Å². The van der Waals surface area contributed by atoms with Gasteiger partial charge in [-0.1, -0.05) is 0 Å². The molecule has 0 saturated heterocycles. The first-order chi connectivity index (χ1) is 12.1. The Morgan fingerprint density at radius 1 is 1.32 bits per heavy atom. The van der Waals surface area contributed by atoms with E-state index in [2.05, 4.69) is 15.3 Å². The number of pyridine rings is 1. The molecule has 126 valence electrons. The molecule has 25 heavy (non-hydrogen) atoms. The Kier molecular flexibility index (Phi) is 3.38. The number of nitrogens with two attached hydrogens (primary N) is 1. The van der Waals surface area contributed by atoms with Crippen LogP contribution in [0.25, 0.3) is 22.8 Å². The number of hydrogen-bond acceptors (Lipinski definition) is 6. The smallest absolute Gasteiger partial charge is 0.251 e. The van der Waals surface area contributed by atoms with Crippen LogP contribution in [-0.2, 0) is 6.54 Å². The van der Waals surface area contributed by atoms with Crippen molar-refractivity contribution in [2.24, 2.45) is 5.73 Å². The van der Waals surface area contributed by atoms with Gasteiger partial charge in [0.25, 0.3) is 5.91 Å². The van der Waals surface area contributed by atoms with E-state index in [9.17, 15) is 9.59 Å². The van der Waals surface area contributed by atoms with Crippen molar-refractivity contribution in [3.63, 3.8) is 0 Å². The molecule has 4 rings (SSSR count). The summed E-state index contributed by atoms with van der Waals surface area (Å²) >= 11 is 0. The van der Waals surface area contributed by atoms with Gasteiger partial charge in [-0.15, -0.1) is 0 Å². The Labute approximate surface area is 142 Å². The molecule has 3 aliphatic rings. The van der Waals surface area contributed by atoms with Crippen LogP contribution in [0.2, 0.25) is 0 Å². The van der Waals surface area contributed by atoms with Crippen molar-refractivity contribution < 1.29 is 9.53 Å². The maximum Gasteiger partial charge on any atom is 0.251 e. The third-order valence-corrected chi connectivity index (χ3v) is 4.21. The molecule has 3 N–H and O–H groups in total. The van der Waals surface area contributed by atoms with Crippen LogP contribution in [0.15, 0.2) is 35.3 Å². The summed E-state index contributed by atoms with van der Waals surface area (Å²) in [5, 5.41) is 3.29. The van der Waals surface area contributed by atoms with Gasteiger partial charge in [-0.05, 0) is 24.3 Å². The van der Waals surface area contributed by atoms with Crippen molar-refractivity contribution in [1.29, 1.82) is 0 Å². The normalized spacial score (nSPS) is 12.7. The van der Waals surface area contributed by atoms with Gasteiger partial charge in [0, 0.05) is 24.8 Å². The topological polar surface area (TPSA) is 112 Å². The molecule has 0 fully saturated rings. The zero-order valence-corrected chi connectivity index (χ0v) is 13.4. The fourth-order valence-corrected chi connectivity index (χ4v) is 3.13. The number of carbonyl (C=O) groups is 1. The van der Waals surface area contributed by atoms with Crippen LogP contribution in [0.3, 0.4) is 0 Å². The van der Waals surface area contributed by atoms with Crippen molar-refractivity contribution >= 4 is 11.7 Å². The van der Waals surface area contributed by atoms with Crippen LogP contribution < -0.4 is 21.2 Å². The number of nitrogens with one attached hydrogen (secondary N) is 1. The zero-order chi connectivity index (χ0) is 17.6. The average Bonchev–Trinajstić information content (AvgIpc) is 3.10. The molecule has 0 spiro atoms. The van der Waals surface area contributed by atoms with Gasteiger partial charge in [-0.2, -0.15) is 0 Å². The second-order valence-corrected chi connectivity index (χ2v) is 5.62. The number of carbonyl (C=O) groups excluding carboxylic acids is 1. The van der Waals surface area contributed by atoms with Crippen molar-refractivity contribution in [3.8, 4) is 28.5 Å². The first-order valence-corrected chi connectivity index (χ1v) is 7.72. The van der Waals surface area contributed by atoms with Crippen LogP contribution in [0.1, 0.15) is 10.4 Å². The maximum atomic E-state index is 12.1. The number of amides is 1. The molecule has 1 amide bonds. The van der Waals surface area contributed by atoms with E-state index in [0.29, 0.717) is 30.3 Å². The third kappa shape index (κ3) is 2.22. The molecule has 2 aliphatic heterocycles. The molecule has 1 aromatic heterocycles. The lowest BCUT2D eigenvalue weighted by molar-refractivity contribution is 0.100. The number of nitrogens with zero attached hydrogens (tertiary/aromatic N) is 3. The summed E-state index contributed by atoms with van der Waals surface area (Å²) in [5.41, 5.74) is 7.07. The number of fused-ring (bicyclic) bond motifs is 3. The Morgan fingerprint density at radius 2 is 2.16 bits per heavy atom. The highest BCUT2D eigenvalue weighted by molar-refractivity contribution is 5.98. The predicted octanol–water partition coefficient (Wildman–Crippen LogP) is 0.943. The highest BCUT2D eigenvalue weighted by atomic mass is 16.5.